The second-order valence-corrected chi connectivity index (χ2v) is 4.04. The van der Waals surface area contributed by atoms with Gasteiger partial charge in [0.05, 0.1) is 5.56 Å². The largest absolute Gasteiger partial charge is 0.340 e. The van der Waals surface area contributed by atoms with Gasteiger partial charge in [-0.25, -0.2) is 0 Å². The monoisotopic (exact) mass is 212 g/mol. The maximum Gasteiger partial charge on any atom is 0.254 e. The number of likely N-dealkylation sites (N-methyl/N-ethyl adjacent to an activating group) is 2. The van der Waals surface area contributed by atoms with Crippen LogP contribution in [0.15, 0.2) is 10.8 Å². The Labute approximate surface area is 88.7 Å². The molecule has 3 nitrogen and oxygen atoms in total. The molecule has 1 aromatic rings. The van der Waals surface area contributed by atoms with E-state index in [0.717, 1.165) is 24.2 Å². The second kappa shape index (κ2) is 5.12. The Kier molecular flexibility index (Phi) is 4.10. The van der Waals surface area contributed by atoms with Crippen molar-refractivity contribution >= 4 is 17.2 Å². The van der Waals surface area contributed by atoms with Crippen molar-refractivity contribution in [2.45, 2.75) is 6.92 Å². The lowest BCUT2D eigenvalue weighted by molar-refractivity contribution is 0.0796. The van der Waals surface area contributed by atoms with Crippen molar-refractivity contribution in [3.05, 3.63) is 21.9 Å². The van der Waals surface area contributed by atoms with Crippen LogP contribution in [0.25, 0.3) is 0 Å². The molecule has 1 amide bonds. The Morgan fingerprint density at radius 1 is 1.57 bits per heavy atom. The van der Waals surface area contributed by atoms with Crippen LogP contribution in [0.1, 0.15) is 15.9 Å². The van der Waals surface area contributed by atoms with Crippen molar-refractivity contribution in [3.63, 3.8) is 0 Å². The molecule has 0 radical (unpaired) electrons. The molecule has 1 N–H and O–H groups in total. The molecule has 0 saturated heterocycles. The fraction of sp³-hybridized carbons (Fsp3) is 0.500. The normalized spacial score (nSPS) is 10.2. The summed E-state index contributed by atoms with van der Waals surface area (Å²) >= 11 is 1.57. The molecule has 0 atom stereocenters. The van der Waals surface area contributed by atoms with Gasteiger partial charge in [0.15, 0.2) is 0 Å². The highest BCUT2D eigenvalue weighted by molar-refractivity contribution is 7.08. The van der Waals surface area contributed by atoms with Gasteiger partial charge in [0, 0.05) is 25.5 Å². The third kappa shape index (κ3) is 2.56. The highest BCUT2D eigenvalue weighted by Crippen LogP contribution is 2.15. The number of nitrogens with zero attached hydrogens (tertiary/aromatic N) is 1. The lowest BCUT2D eigenvalue weighted by Crippen LogP contribution is -2.32. The Bertz CT molecular complexity index is 309. The Morgan fingerprint density at radius 3 is 2.79 bits per heavy atom. The molecule has 1 heterocycles. The molecule has 0 aliphatic rings. The van der Waals surface area contributed by atoms with E-state index in [9.17, 15) is 4.79 Å². The first kappa shape index (κ1) is 11.2. The summed E-state index contributed by atoms with van der Waals surface area (Å²) < 4.78 is 0. The molecule has 0 aliphatic heterocycles. The van der Waals surface area contributed by atoms with Gasteiger partial charge in [0.25, 0.3) is 5.91 Å². The van der Waals surface area contributed by atoms with Crippen molar-refractivity contribution in [3.8, 4) is 0 Å². The number of amides is 1. The third-order valence-corrected chi connectivity index (χ3v) is 2.99. The zero-order valence-electron chi connectivity index (χ0n) is 8.83. The van der Waals surface area contributed by atoms with E-state index in [4.69, 9.17) is 0 Å². The van der Waals surface area contributed by atoms with Crippen LogP contribution in [0, 0.1) is 6.92 Å². The smallest absolute Gasteiger partial charge is 0.254 e. The summed E-state index contributed by atoms with van der Waals surface area (Å²) in [6, 6.07) is 0. The number of hydrogen-bond donors (Lipinski definition) is 1. The summed E-state index contributed by atoms with van der Waals surface area (Å²) in [5.41, 5.74) is 1.89. The first-order valence-electron chi connectivity index (χ1n) is 4.59. The summed E-state index contributed by atoms with van der Waals surface area (Å²) in [5, 5.41) is 6.93. The van der Waals surface area contributed by atoms with Crippen LogP contribution in [0.2, 0.25) is 0 Å². The van der Waals surface area contributed by atoms with Gasteiger partial charge < -0.3 is 10.2 Å². The fourth-order valence-electron chi connectivity index (χ4n) is 1.17. The molecule has 0 saturated carbocycles. The van der Waals surface area contributed by atoms with Gasteiger partial charge in [0.1, 0.15) is 0 Å². The van der Waals surface area contributed by atoms with Gasteiger partial charge in [-0.1, -0.05) is 0 Å². The van der Waals surface area contributed by atoms with E-state index in [2.05, 4.69) is 5.32 Å². The van der Waals surface area contributed by atoms with Crippen LogP contribution in [0.3, 0.4) is 0 Å². The Morgan fingerprint density at radius 2 is 2.29 bits per heavy atom. The Hall–Kier alpha value is -0.870. The predicted molar refractivity (Wildman–Crippen MR) is 59.9 cm³/mol. The van der Waals surface area contributed by atoms with Crippen LogP contribution >= 0.6 is 11.3 Å². The minimum Gasteiger partial charge on any atom is -0.340 e. The van der Waals surface area contributed by atoms with Crippen molar-refractivity contribution in [2.75, 3.05) is 27.2 Å². The fourth-order valence-corrected chi connectivity index (χ4v) is 1.99. The molecule has 0 spiro atoms. The predicted octanol–water partition coefficient (Wildman–Crippen LogP) is 1.35. The maximum absolute atomic E-state index is 11.8. The number of carbonyl (C=O) groups is 1. The second-order valence-electron chi connectivity index (χ2n) is 3.30. The number of thiophene rings is 1. The molecule has 0 fully saturated rings. The first-order valence-corrected chi connectivity index (χ1v) is 5.54. The van der Waals surface area contributed by atoms with E-state index in [1.54, 1.807) is 16.2 Å². The summed E-state index contributed by atoms with van der Waals surface area (Å²) in [6.45, 7) is 3.53. The molecule has 1 rings (SSSR count). The van der Waals surface area contributed by atoms with Crippen LogP contribution in [0.4, 0.5) is 0 Å². The lowest BCUT2D eigenvalue weighted by atomic mass is 10.2. The average Bonchev–Trinajstić information content (AvgIpc) is 2.59. The van der Waals surface area contributed by atoms with Crippen molar-refractivity contribution in [1.82, 2.24) is 10.2 Å². The standard InChI is InChI=1S/C10H16N2OS/c1-8-6-14-7-9(8)10(13)12(3)5-4-11-2/h6-7,11H,4-5H2,1-3H3. The summed E-state index contributed by atoms with van der Waals surface area (Å²) in [7, 11) is 3.71. The van der Waals surface area contributed by atoms with E-state index in [1.165, 1.54) is 0 Å². The molecule has 4 heteroatoms. The molecule has 0 unspecified atom stereocenters. The maximum atomic E-state index is 11.8. The number of carbonyl (C=O) groups excluding carboxylic acids is 1. The molecular weight excluding hydrogens is 196 g/mol. The Balaban J connectivity index is 2.61. The minimum atomic E-state index is 0.110. The molecule has 78 valence electrons. The van der Waals surface area contributed by atoms with Crippen LogP contribution in [-0.2, 0) is 0 Å². The van der Waals surface area contributed by atoms with Gasteiger partial charge in [-0.2, -0.15) is 11.3 Å². The molecule has 1 aromatic heterocycles. The summed E-state index contributed by atoms with van der Waals surface area (Å²) in [6.07, 6.45) is 0. The minimum absolute atomic E-state index is 0.110. The van der Waals surface area contributed by atoms with Crippen LogP contribution in [-0.4, -0.2) is 38.0 Å². The van der Waals surface area contributed by atoms with E-state index >= 15 is 0 Å². The molecule has 0 aliphatic carbocycles. The zero-order valence-corrected chi connectivity index (χ0v) is 9.65. The lowest BCUT2D eigenvalue weighted by Gasteiger charge is -2.16. The SMILES string of the molecule is CNCCN(C)C(=O)c1cscc1C. The number of nitrogens with one attached hydrogen (secondary N) is 1. The molecule has 14 heavy (non-hydrogen) atoms. The van der Waals surface area contributed by atoms with Crippen LogP contribution in [0.5, 0.6) is 0 Å². The van der Waals surface area contributed by atoms with Crippen LogP contribution < -0.4 is 5.32 Å². The number of rotatable bonds is 4. The molecule has 0 bridgehead atoms. The average molecular weight is 212 g/mol. The van der Waals surface area contributed by atoms with Crippen molar-refractivity contribution in [1.29, 1.82) is 0 Å². The van der Waals surface area contributed by atoms with E-state index in [0.29, 0.717) is 0 Å². The van der Waals surface area contributed by atoms with Gasteiger partial charge in [-0.3, -0.25) is 4.79 Å². The highest BCUT2D eigenvalue weighted by Gasteiger charge is 2.13. The van der Waals surface area contributed by atoms with Gasteiger partial charge >= 0.3 is 0 Å². The third-order valence-electron chi connectivity index (χ3n) is 2.13. The topological polar surface area (TPSA) is 32.3 Å². The molecular formula is C10H16N2OS. The van der Waals surface area contributed by atoms with E-state index in [1.807, 2.05) is 31.8 Å². The van der Waals surface area contributed by atoms with Crippen molar-refractivity contribution in [2.24, 2.45) is 0 Å². The first-order chi connectivity index (χ1) is 6.66. The van der Waals surface area contributed by atoms with Gasteiger partial charge in [0.2, 0.25) is 0 Å². The van der Waals surface area contributed by atoms with E-state index < -0.39 is 0 Å². The summed E-state index contributed by atoms with van der Waals surface area (Å²) in [4.78, 5) is 13.6. The number of hydrogen-bond acceptors (Lipinski definition) is 3. The van der Waals surface area contributed by atoms with Gasteiger partial charge in [-0.15, -0.1) is 0 Å². The quantitative estimate of drug-likeness (QED) is 0.817. The molecule has 0 aromatic carbocycles. The van der Waals surface area contributed by atoms with Crippen molar-refractivity contribution < 1.29 is 4.79 Å². The summed E-state index contributed by atoms with van der Waals surface area (Å²) in [5.74, 6) is 0.110. The van der Waals surface area contributed by atoms with Gasteiger partial charge in [-0.05, 0) is 24.9 Å². The highest BCUT2D eigenvalue weighted by atomic mass is 32.1. The zero-order chi connectivity index (χ0) is 10.6. The van der Waals surface area contributed by atoms with E-state index in [-0.39, 0.29) is 5.91 Å². The number of aryl methyl sites for hydroxylation is 1.